The Morgan fingerprint density at radius 2 is 1.39 bits per heavy atom. The van der Waals surface area contributed by atoms with Crippen LogP contribution in [0.4, 0.5) is 23.2 Å². The predicted molar refractivity (Wildman–Crippen MR) is 79.3 cm³/mol. The molecule has 3 rings (SSSR count). The minimum absolute atomic E-state index is 0.351. The molecule has 1 aliphatic heterocycles. The smallest absolute Gasteiger partial charge is 0.253 e. The van der Waals surface area contributed by atoms with E-state index in [2.05, 4.69) is 9.88 Å². The van der Waals surface area contributed by atoms with Crippen molar-refractivity contribution in [3.63, 3.8) is 0 Å². The zero-order valence-electron chi connectivity index (χ0n) is 13.0. The first-order valence-electron chi connectivity index (χ1n) is 8.23. The number of hydrogen-bond donors (Lipinski definition) is 0. The topological polar surface area (TPSA) is 19.4 Å². The molecule has 0 spiro atoms. The Morgan fingerprint density at radius 1 is 0.826 bits per heavy atom. The zero-order valence-corrected chi connectivity index (χ0v) is 13.0. The summed E-state index contributed by atoms with van der Waals surface area (Å²) in [6.45, 7) is 2.98. The molecule has 0 unspecified atom stereocenters. The molecule has 0 amide bonds. The summed E-state index contributed by atoms with van der Waals surface area (Å²) >= 11 is 0. The monoisotopic (exact) mass is 331 g/mol. The number of nitrogens with zero attached hydrogens (tertiary/aromatic N) is 3. The minimum Gasteiger partial charge on any atom is -0.364 e. The number of rotatable bonds is 3. The van der Waals surface area contributed by atoms with E-state index in [1.54, 1.807) is 0 Å². The number of pyridine rings is 1. The molecular weight excluding hydrogens is 310 g/mol. The van der Waals surface area contributed by atoms with Crippen LogP contribution >= 0.6 is 0 Å². The summed E-state index contributed by atoms with van der Waals surface area (Å²) in [6.07, 6.45) is 6.34. The third-order valence-corrected chi connectivity index (χ3v) is 4.90. The van der Waals surface area contributed by atoms with Crippen LogP contribution in [0.15, 0.2) is 0 Å². The van der Waals surface area contributed by atoms with E-state index in [4.69, 9.17) is 0 Å². The van der Waals surface area contributed by atoms with Gasteiger partial charge in [-0.3, -0.25) is 4.90 Å². The van der Waals surface area contributed by atoms with Crippen molar-refractivity contribution in [3.05, 3.63) is 23.5 Å². The van der Waals surface area contributed by atoms with Gasteiger partial charge in [0.2, 0.25) is 11.6 Å². The van der Waals surface area contributed by atoms with Gasteiger partial charge in [0.25, 0.3) is 11.9 Å². The average Bonchev–Trinajstić information content (AvgIpc) is 2.56. The first-order valence-corrected chi connectivity index (χ1v) is 8.23. The van der Waals surface area contributed by atoms with Crippen LogP contribution in [0.1, 0.15) is 32.1 Å². The van der Waals surface area contributed by atoms with Gasteiger partial charge >= 0.3 is 0 Å². The van der Waals surface area contributed by atoms with Crippen LogP contribution in [-0.4, -0.2) is 42.6 Å². The van der Waals surface area contributed by atoms with Crippen molar-refractivity contribution >= 4 is 5.69 Å². The van der Waals surface area contributed by atoms with Crippen LogP contribution in [-0.2, 0) is 0 Å². The van der Waals surface area contributed by atoms with Gasteiger partial charge in [-0.1, -0.05) is 19.3 Å². The highest BCUT2D eigenvalue weighted by Crippen LogP contribution is 2.28. The maximum absolute atomic E-state index is 13.8. The normalized spacial score (nSPS) is 21.0. The molecule has 7 heteroatoms. The SMILES string of the molecule is Fc1nc(F)c(F)c(N2CCN(CC3CCCCC3)CC2)c1F. The van der Waals surface area contributed by atoms with E-state index in [-0.39, 0.29) is 0 Å². The first-order chi connectivity index (χ1) is 11.1. The molecule has 0 aromatic carbocycles. The fourth-order valence-electron chi connectivity index (χ4n) is 3.64. The molecule has 2 aliphatic rings. The molecule has 2 fully saturated rings. The van der Waals surface area contributed by atoms with E-state index in [0.29, 0.717) is 32.1 Å². The minimum atomic E-state index is -1.59. The Balaban J connectivity index is 1.63. The number of anilines is 1. The van der Waals surface area contributed by atoms with Gasteiger partial charge < -0.3 is 4.90 Å². The van der Waals surface area contributed by atoms with Gasteiger partial charge in [0.1, 0.15) is 5.69 Å². The van der Waals surface area contributed by atoms with E-state index in [1.807, 2.05) is 0 Å². The number of piperazine rings is 1. The molecule has 128 valence electrons. The molecule has 0 bridgehead atoms. The molecule has 1 aromatic heterocycles. The quantitative estimate of drug-likeness (QED) is 0.625. The molecule has 0 atom stereocenters. The van der Waals surface area contributed by atoms with Gasteiger partial charge in [0.15, 0.2) is 0 Å². The van der Waals surface area contributed by atoms with Crippen molar-refractivity contribution in [3.8, 4) is 0 Å². The molecule has 0 radical (unpaired) electrons. The molecule has 1 aromatic rings. The third kappa shape index (κ3) is 3.59. The molecule has 2 heterocycles. The van der Waals surface area contributed by atoms with Crippen LogP contribution in [0, 0.1) is 29.4 Å². The van der Waals surface area contributed by atoms with Gasteiger partial charge in [-0.2, -0.15) is 22.5 Å². The maximum atomic E-state index is 13.8. The van der Waals surface area contributed by atoms with Gasteiger partial charge in [0, 0.05) is 32.7 Å². The van der Waals surface area contributed by atoms with Crippen molar-refractivity contribution in [2.24, 2.45) is 5.92 Å². The molecule has 1 saturated carbocycles. The highest BCUT2D eigenvalue weighted by atomic mass is 19.2. The highest BCUT2D eigenvalue weighted by Gasteiger charge is 2.28. The lowest BCUT2D eigenvalue weighted by Gasteiger charge is -2.38. The van der Waals surface area contributed by atoms with Crippen molar-refractivity contribution in [1.29, 1.82) is 0 Å². The molecule has 1 aliphatic carbocycles. The van der Waals surface area contributed by atoms with E-state index in [9.17, 15) is 17.6 Å². The van der Waals surface area contributed by atoms with E-state index < -0.39 is 29.2 Å². The summed E-state index contributed by atoms with van der Waals surface area (Å²) in [4.78, 5) is 6.24. The van der Waals surface area contributed by atoms with Crippen LogP contribution in [0.5, 0.6) is 0 Å². The molecule has 0 N–H and O–H groups in total. The van der Waals surface area contributed by atoms with Crippen molar-refractivity contribution in [2.45, 2.75) is 32.1 Å². The lowest BCUT2D eigenvalue weighted by molar-refractivity contribution is 0.191. The summed E-state index contributed by atoms with van der Waals surface area (Å²) in [5.41, 5.74) is -0.632. The van der Waals surface area contributed by atoms with Crippen LogP contribution in [0.3, 0.4) is 0 Å². The summed E-state index contributed by atoms with van der Waals surface area (Å²) in [5, 5.41) is 0. The Kier molecular flexibility index (Phi) is 5.04. The predicted octanol–water partition coefficient (Wildman–Crippen LogP) is 3.34. The van der Waals surface area contributed by atoms with E-state index in [0.717, 1.165) is 6.54 Å². The second-order valence-corrected chi connectivity index (χ2v) is 6.46. The number of halogens is 4. The fraction of sp³-hybridized carbons (Fsp3) is 0.688. The molecular formula is C16H21F4N3. The largest absolute Gasteiger partial charge is 0.364 e. The lowest BCUT2D eigenvalue weighted by atomic mass is 9.89. The number of aromatic nitrogens is 1. The zero-order chi connectivity index (χ0) is 16.4. The first kappa shape index (κ1) is 16.5. The van der Waals surface area contributed by atoms with Gasteiger partial charge in [0.05, 0.1) is 0 Å². The van der Waals surface area contributed by atoms with Gasteiger partial charge in [-0.15, -0.1) is 0 Å². The van der Waals surface area contributed by atoms with Gasteiger partial charge in [-0.25, -0.2) is 0 Å². The van der Waals surface area contributed by atoms with E-state index in [1.165, 1.54) is 37.0 Å². The van der Waals surface area contributed by atoms with Crippen LogP contribution in [0.2, 0.25) is 0 Å². The number of hydrogen-bond acceptors (Lipinski definition) is 3. The van der Waals surface area contributed by atoms with Gasteiger partial charge in [-0.05, 0) is 18.8 Å². The van der Waals surface area contributed by atoms with E-state index >= 15 is 0 Å². The Bertz CT molecular complexity index is 526. The van der Waals surface area contributed by atoms with Crippen molar-refractivity contribution in [2.75, 3.05) is 37.6 Å². The average molecular weight is 331 g/mol. The molecule has 23 heavy (non-hydrogen) atoms. The Labute approximate surface area is 133 Å². The summed E-state index contributed by atoms with van der Waals surface area (Å²) in [5.74, 6) is -5.32. The standard InChI is InChI=1S/C16H21F4N3/c17-12-14(13(18)16(20)21-15(12)19)23-8-6-22(7-9-23)10-11-4-2-1-3-5-11/h11H,1-10H2. The Hall–Kier alpha value is -1.37. The Morgan fingerprint density at radius 3 is 1.96 bits per heavy atom. The highest BCUT2D eigenvalue weighted by molar-refractivity contribution is 5.49. The summed E-state index contributed by atoms with van der Waals surface area (Å²) in [7, 11) is 0. The maximum Gasteiger partial charge on any atom is 0.253 e. The summed E-state index contributed by atoms with van der Waals surface area (Å²) < 4.78 is 54.1. The lowest BCUT2D eigenvalue weighted by Crippen LogP contribution is -2.48. The van der Waals surface area contributed by atoms with Crippen molar-refractivity contribution < 1.29 is 17.6 Å². The second-order valence-electron chi connectivity index (χ2n) is 6.46. The third-order valence-electron chi connectivity index (χ3n) is 4.90. The molecule has 3 nitrogen and oxygen atoms in total. The summed E-state index contributed by atoms with van der Waals surface area (Å²) in [6, 6.07) is 0. The van der Waals surface area contributed by atoms with Crippen molar-refractivity contribution in [1.82, 2.24) is 9.88 Å². The fourth-order valence-corrected chi connectivity index (χ4v) is 3.64. The second kappa shape index (κ2) is 7.03. The molecule has 1 saturated heterocycles. The van der Waals surface area contributed by atoms with Crippen LogP contribution < -0.4 is 4.90 Å². The van der Waals surface area contributed by atoms with Crippen LogP contribution in [0.25, 0.3) is 0 Å².